The highest BCUT2D eigenvalue weighted by Gasteiger charge is 1.97. The van der Waals surface area contributed by atoms with E-state index < -0.39 is 0 Å². The maximum absolute atomic E-state index is 5.87. The Kier molecular flexibility index (Phi) is 4.43. The van der Waals surface area contributed by atoms with Crippen molar-refractivity contribution in [3.05, 3.63) is 71.3 Å². The number of halogens is 1. The van der Waals surface area contributed by atoms with E-state index in [1.165, 1.54) is 5.56 Å². The van der Waals surface area contributed by atoms with Gasteiger partial charge in [-0.3, -0.25) is 0 Å². The average Bonchev–Trinajstić information content (AvgIpc) is 2.40. The highest BCUT2D eigenvalue weighted by atomic mass is 35.5. The predicted octanol–water partition coefficient (Wildman–Crippen LogP) is 4.49. The summed E-state index contributed by atoms with van der Waals surface area (Å²) in [4.78, 5) is 2.18. The molecule has 0 radical (unpaired) electrons. The summed E-state index contributed by atoms with van der Waals surface area (Å²) in [6, 6.07) is 18.2. The molecular weight excluding hydrogens is 242 g/mol. The molecule has 2 aromatic carbocycles. The van der Waals surface area contributed by atoms with Gasteiger partial charge in [0, 0.05) is 24.3 Å². The number of hydrogen-bond donors (Lipinski definition) is 0. The summed E-state index contributed by atoms with van der Waals surface area (Å²) in [5.74, 6) is 0. The molecule has 1 nitrogen and oxygen atoms in total. The van der Waals surface area contributed by atoms with Crippen molar-refractivity contribution in [2.45, 2.75) is 0 Å². The molecule has 0 amide bonds. The fourth-order valence-electron chi connectivity index (χ4n) is 1.71. The van der Waals surface area contributed by atoms with Crippen LogP contribution in [0, 0.1) is 0 Å². The van der Waals surface area contributed by atoms with Gasteiger partial charge in [0.05, 0.1) is 0 Å². The van der Waals surface area contributed by atoms with Gasteiger partial charge in [-0.1, -0.05) is 54.1 Å². The molecule has 2 heteroatoms. The summed E-state index contributed by atoms with van der Waals surface area (Å²) in [5, 5.41) is 0.770. The zero-order valence-corrected chi connectivity index (χ0v) is 11.1. The van der Waals surface area contributed by atoms with Gasteiger partial charge in [0.2, 0.25) is 0 Å². The number of benzene rings is 2. The minimum Gasteiger partial charge on any atom is -0.371 e. The van der Waals surface area contributed by atoms with Crippen molar-refractivity contribution in [3.8, 4) is 0 Å². The molecule has 0 N–H and O–H groups in total. The van der Waals surface area contributed by atoms with Gasteiger partial charge < -0.3 is 4.90 Å². The number of nitrogens with zero attached hydrogens (tertiary/aromatic N) is 1. The summed E-state index contributed by atoms with van der Waals surface area (Å²) in [7, 11) is 2.07. The van der Waals surface area contributed by atoms with Crippen LogP contribution in [0.15, 0.2) is 60.7 Å². The highest BCUT2D eigenvalue weighted by molar-refractivity contribution is 6.30. The van der Waals surface area contributed by atoms with Crippen LogP contribution in [0.25, 0.3) is 6.08 Å². The lowest BCUT2D eigenvalue weighted by Crippen LogP contribution is -2.16. The monoisotopic (exact) mass is 257 g/mol. The third-order valence-corrected chi connectivity index (χ3v) is 3.01. The molecule has 0 saturated carbocycles. The standard InChI is InChI=1S/C16H16ClN/c1-18(16-11-9-15(17)10-12-16)13-5-8-14-6-3-2-4-7-14/h2-12H,13H2,1H3/b8-5+. The van der Waals surface area contributed by atoms with E-state index in [9.17, 15) is 0 Å². The van der Waals surface area contributed by atoms with Crippen molar-refractivity contribution in [3.63, 3.8) is 0 Å². The second-order valence-electron chi connectivity index (χ2n) is 4.17. The summed E-state index contributed by atoms with van der Waals surface area (Å²) in [6.45, 7) is 0.872. The summed E-state index contributed by atoms with van der Waals surface area (Å²) in [5.41, 5.74) is 2.39. The van der Waals surface area contributed by atoms with Crippen LogP contribution in [0.4, 0.5) is 5.69 Å². The van der Waals surface area contributed by atoms with Crippen LogP contribution in [0.1, 0.15) is 5.56 Å². The van der Waals surface area contributed by atoms with E-state index in [0.29, 0.717) is 0 Å². The van der Waals surface area contributed by atoms with Crippen LogP contribution in [-0.2, 0) is 0 Å². The SMILES string of the molecule is CN(C/C=C/c1ccccc1)c1ccc(Cl)cc1. The lowest BCUT2D eigenvalue weighted by Gasteiger charge is -2.17. The molecule has 0 aliphatic rings. The fourth-order valence-corrected chi connectivity index (χ4v) is 1.84. The molecule has 0 unspecified atom stereocenters. The molecule has 0 spiro atoms. The maximum Gasteiger partial charge on any atom is 0.0407 e. The second-order valence-corrected chi connectivity index (χ2v) is 4.61. The molecule has 0 aliphatic carbocycles. The predicted molar refractivity (Wildman–Crippen MR) is 80.2 cm³/mol. The highest BCUT2D eigenvalue weighted by Crippen LogP contribution is 2.16. The van der Waals surface area contributed by atoms with Crippen molar-refractivity contribution >= 4 is 23.4 Å². The molecule has 0 aromatic heterocycles. The van der Waals surface area contributed by atoms with Crippen LogP contribution in [-0.4, -0.2) is 13.6 Å². The second kappa shape index (κ2) is 6.27. The molecule has 0 bridgehead atoms. The Morgan fingerprint density at radius 3 is 2.33 bits per heavy atom. The van der Waals surface area contributed by atoms with Gasteiger partial charge in [0.15, 0.2) is 0 Å². The number of anilines is 1. The minimum atomic E-state index is 0.770. The normalized spacial score (nSPS) is 10.8. The Bertz CT molecular complexity index is 502. The van der Waals surface area contributed by atoms with Crippen molar-refractivity contribution < 1.29 is 0 Å². The first-order valence-corrected chi connectivity index (χ1v) is 6.32. The maximum atomic E-state index is 5.87. The first kappa shape index (κ1) is 12.7. The minimum absolute atomic E-state index is 0.770. The third kappa shape index (κ3) is 3.64. The Morgan fingerprint density at radius 1 is 1.00 bits per heavy atom. The van der Waals surface area contributed by atoms with E-state index >= 15 is 0 Å². The van der Waals surface area contributed by atoms with E-state index in [4.69, 9.17) is 11.6 Å². The lowest BCUT2D eigenvalue weighted by atomic mass is 10.2. The number of likely N-dealkylation sites (N-methyl/N-ethyl adjacent to an activating group) is 1. The summed E-state index contributed by atoms with van der Waals surface area (Å²) in [6.07, 6.45) is 4.29. The van der Waals surface area contributed by atoms with Crippen molar-refractivity contribution in [1.29, 1.82) is 0 Å². The molecular formula is C16H16ClN. The van der Waals surface area contributed by atoms with E-state index in [-0.39, 0.29) is 0 Å². The number of rotatable bonds is 4. The molecule has 2 rings (SSSR count). The Labute approximate surface area is 113 Å². The Hall–Kier alpha value is -1.73. The molecule has 0 saturated heterocycles. The van der Waals surface area contributed by atoms with Crippen molar-refractivity contribution in [2.24, 2.45) is 0 Å². The number of hydrogen-bond acceptors (Lipinski definition) is 1. The molecule has 2 aromatic rings. The first-order valence-electron chi connectivity index (χ1n) is 5.94. The Balaban J connectivity index is 1.94. The van der Waals surface area contributed by atoms with Gasteiger partial charge in [-0.05, 0) is 29.8 Å². The van der Waals surface area contributed by atoms with E-state index in [1.54, 1.807) is 0 Å². The zero-order chi connectivity index (χ0) is 12.8. The van der Waals surface area contributed by atoms with Gasteiger partial charge in [-0.25, -0.2) is 0 Å². The van der Waals surface area contributed by atoms with Gasteiger partial charge in [0.25, 0.3) is 0 Å². The van der Waals surface area contributed by atoms with Gasteiger partial charge in [0.1, 0.15) is 0 Å². The topological polar surface area (TPSA) is 3.24 Å². The largest absolute Gasteiger partial charge is 0.371 e. The zero-order valence-electron chi connectivity index (χ0n) is 10.4. The molecule has 0 heterocycles. The van der Waals surface area contributed by atoms with Gasteiger partial charge >= 0.3 is 0 Å². The van der Waals surface area contributed by atoms with Gasteiger partial charge in [-0.2, -0.15) is 0 Å². The average molecular weight is 258 g/mol. The van der Waals surface area contributed by atoms with Crippen LogP contribution < -0.4 is 4.90 Å². The molecule has 0 fully saturated rings. The van der Waals surface area contributed by atoms with Gasteiger partial charge in [-0.15, -0.1) is 0 Å². The van der Waals surface area contributed by atoms with Crippen LogP contribution in [0.3, 0.4) is 0 Å². The molecule has 18 heavy (non-hydrogen) atoms. The Morgan fingerprint density at radius 2 is 1.67 bits per heavy atom. The molecule has 0 aliphatic heterocycles. The van der Waals surface area contributed by atoms with E-state index in [0.717, 1.165) is 17.3 Å². The molecule has 0 atom stereocenters. The van der Waals surface area contributed by atoms with Crippen LogP contribution in [0.5, 0.6) is 0 Å². The van der Waals surface area contributed by atoms with Crippen LogP contribution >= 0.6 is 11.6 Å². The third-order valence-electron chi connectivity index (χ3n) is 2.76. The lowest BCUT2D eigenvalue weighted by molar-refractivity contribution is 1.03. The fraction of sp³-hybridized carbons (Fsp3) is 0.125. The summed E-state index contributed by atoms with van der Waals surface area (Å²) >= 11 is 5.87. The van der Waals surface area contributed by atoms with Crippen molar-refractivity contribution in [2.75, 3.05) is 18.5 Å². The van der Waals surface area contributed by atoms with Crippen LogP contribution in [0.2, 0.25) is 5.02 Å². The molecule has 92 valence electrons. The quantitative estimate of drug-likeness (QED) is 0.780. The summed E-state index contributed by atoms with van der Waals surface area (Å²) < 4.78 is 0. The first-order chi connectivity index (χ1) is 8.75. The van der Waals surface area contributed by atoms with Crippen molar-refractivity contribution in [1.82, 2.24) is 0 Å². The van der Waals surface area contributed by atoms with E-state index in [2.05, 4.69) is 36.2 Å². The van der Waals surface area contributed by atoms with E-state index in [1.807, 2.05) is 42.5 Å². The smallest absolute Gasteiger partial charge is 0.0407 e.